The first-order valence-corrected chi connectivity index (χ1v) is 11.1. The van der Waals surface area contributed by atoms with E-state index in [1.54, 1.807) is 18.5 Å². The van der Waals surface area contributed by atoms with Gasteiger partial charge in [0.1, 0.15) is 5.82 Å². The lowest BCUT2D eigenvalue weighted by atomic mass is 10.1. The van der Waals surface area contributed by atoms with Crippen LogP contribution in [-0.2, 0) is 6.54 Å². The topological polar surface area (TPSA) is 67.2 Å². The predicted octanol–water partition coefficient (Wildman–Crippen LogP) is 4.73. The standard InChI is InChI=1S/C25H24FN3O2S/c1-16-11-21-22(12-17(16)2)29(15-28-21)14-18(30)13-27-25(31)24-20(26)9-6-10-23(24)32-19-7-4-3-5-8-19/h3-12,15,18,30H,13-14H2,1-2H3,(H,27,31). The van der Waals surface area contributed by atoms with Gasteiger partial charge in [0.2, 0.25) is 0 Å². The van der Waals surface area contributed by atoms with E-state index in [1.807, 2.05) is 60.9 Å². The highest BCUT2D eigenvalue weighted by molar-refractivity contribution is 7.99. The average Bonchev–Trinajstić information content (AvgIpc) is 3.14. The van der Waals surface area contributed by atoms with Crippen LogP contribution in [0.1, 0.15) is 21.5 Å². The fourth-order valence-electron chi connectivity index (χ4n) is 3.47. The molecule has 5 nitrogen and oxygen atoms in total. The summed E-state index contributed by atoms with van der Waals surface area (Å²) in [4.78, 5) is 18.6. The number of amides is 1. The zero-order valence-electron chi connectivity index (χ0n) is 17.9. The highest BCUT2D eigenvalue weighted by atomic mass is 32.2. The Kier molecular flexibility index (Phi) is 6.58. The van der Waals surface area contributed by atoms with Crippen molar-refractivity contribution in [2.45, 2.75) is 36.3 Å². The molecule has 0 saturated carbocycles. The van der Waals surface area contributed by atoms with E-state index in [4.69, 9.17) is 0 Å². The summed E-state index contributed by atoms with van der Waals surface area (Å²) in [5.74, 6) is -1.15. The summed E-state index contributed by atoms with van der Waals surface area (Å²) >= 11 is 1.32. The van der Waals surface area contributed by atoms with Crippen molar-refractivity contribution in [1.82, 2.24) is 14.9 Å². The highest BCUT2D eigenvalue weighted by Crippen LogP contribution is 2.31. The van der Waals surface area contributed by atoms with Crippen molar-refractivity contribution < 1.29 is 14.3 Å². The molecule has 0 aliphatic rings. The predicted molar refractivity (Wildman–Crippen MR) is 125 cm³/mol. The number of imidazole rings is 1. The number of aryl methyl sites for hydroxylation is 2. The zero-order valence-corrected chi connectivity index (χ0v) is 18.7. The molecule has 0 aliphatic carbocycles. The number of carbonyl (C=O) groups is 1. The van der Waals surface area contributed by atoms with Crippen molar-refractivity contribution in [2.75, 3.05) is 6.54 Å². The number of aliphatic hydroxyl groups excluding tert-OH is 1. The smallest absolute Gasteiger partial charge is 0.255 e. The van der Waals surface area contributed by atoms with Crippen LogP contribution >= 0.6 is 11.8 Å². The lowest BCUT2D eigenvalue weighted by Gasteiger charge is -2.15. The van der Waals surface area contributed by atoms with Gasteiger partial charge in [0.15, 0.2) is 0 Å². The van der Waals surface area contributed by atoms with Gasteiger partial charge in [-0.2, -0.15) is 0 Å². The second kappa shape index (κ2) is 9.54. The molecule has 0 radical (unpaired) electrons. The van der Waals surface area contributed by atoms with E-state index in [9.17, 15) is 14.3 Å². The molecule has 1 amide bonds. The quantitative estimate of drug-likeness (QED) is 0.428. The van der Waals surface area contributed by atoms with Crippen LogP contribution in [0.2, 0.25) is 0 Å². The Balaban J connectivity index is 1.44. The first-order valence-electron chi connectivity index (χ1n) is 10.3. The number of carbonyl (C=O) groups excluding carboxylic acids is 1. The monoisotopic (exact) mass is 449 g/mol. The van der Waals surface area contributed by atoms with E-state index in [1.165, 1.54) is 17.8 Å². The van der Waals surface area contributed by atoms with Gasteiger partial charge in [0, 0.05) is 16.3 Å². The molecular weight excluding hydrogens is 425 g/mol. The SMILES string of the molecule is Cc1cc2ncn(CC(O)CNC(=O)c3c(F)cccc3Sc3ccccc3)c2cc1C. The number of benzene rings is 3. The summed E-state index contributed by atoms with van der Waals surface area (Å²) in [7, 11) is 0. The zero-order chi connectivity index (χ0) is 22.7. The summed E-state index contributed by atoms with van der Waals surface area (Å²) in [5.41, 5.74) is 4.06. The molecule has 3 aromatic carbocycles. The first kappa shape index (κ1) is 22.0. The van der Waals surface area contributed by atoms with E-state index < -0.39 is 17.8 Å². The third-order valence-electron chi connectivity index (χ3n) is 5.32. The van der Waals surface area contributed by atoms with Crippen molar-refractivity contribution in [3.05, 3.63) is 89.5 Å². The molecule has 1 heterocycles. The van der Waals surface area contributed by atoms with Crippen molar-refractivity contribution in [1.29, 1.82) is 0 Å². The van der Waals surface area contributed by atoms with Gasteiger partial charge in [-0.15, -0.1) is 0 Å². The van der Waals surface area contributed by atoms with Gasteiger partial charge < -0.3 is 15.0 Å². The summed E-state index contributed by atoms with van der Waals surface area (Å²) in [6, 6.07) is 18.1. The maximum absolute atomic E-state index is 14.5. The number of hydrogen-bond donors (Lipinski definition) is 2. The first-order chi connectivity index (χ1) is 15.4. The van der Waals surface area contributed by atoms with Gasteiger partial charge in [0.05, 0.1) is 35.6 Å². The molecule has 7 heteroatoms. The van der Waals surface area contributed by atoms with E-state index in [0.29, 0.717) is 4.90 Å². The molecule has 164 valence electrons. The van der Waals surface area contributed by atoms with Crippen LogP contribution in [0.3, 0.4) is 0 Å². The van der Waals surface area contributed by atoms with Crippen LogP contribution in [0.4, 0.5) is 4.39 Å². The molecule has 0 bridgehead atoms. The maximum atomic E-state index is 14.5. The molecule has 2 N–H and O–H groups in total. The minimum absolute atomic E-state index is 0.00682. The van der Waals surface area contributed by atoms with Crippen LogP contribution in [0.25, 0.3) is 11.0 Å². The Morgan fingerprint density at radius 2 is 1.88 bits per heavy atom. The normalized spacial score (nSPS) is 12.1. The van der Waals surface area contributed by atoms with E-state index in [0.717, 1.165) is 27.1 Å². The molecule has 0 aliphatic heterocycles. The number of halogens is 1. The third-order valence-corrected chi connectivity index (χ3v) is 6.38. The molecule has 1 unspecified atom stereocenters. The number of fused-ring (bicyclic) bond motifs is 1. The Morgan fingerprint density at radius 1 is 1.12 bits per heavy atom. The van der Waals surface area contributed by atoms with Crippen LogP contribution in [-0.4, -0.2) is 33.2 Å². The van der Waals surface area contributed by atoms with Crippen molar-refractivity contribution in [3.63, 3.8) is 0 Å². The Hall–Kier alpha value is -3.16. The Morgan fingerprint density at radius 3 is 2.66 bits per heavy atom. The van der Waals surface area contributed by atoms with Gasteiger partial charge >= 0.3 is 0 Å². The maximum Gasteiger partial charge on any atom is 0.255 e. The van der Waals surface area contributed by atoms with Gasteiger partial charge in [0.25, 0.3) is 5.91 Å². The van der Waals surface area contributed by atoms with Crippen LogP contribution in [0.5, 0.6) is 0 Å². The number of nitrogens with one attached hydrogen (secondary N) is 1. The fourth-order valence-corrected chi connectivity index (χ4v) is 4.46. The summed E-state index contributed by atoms with van der Waals surface area (Å²) in [6.07, 6.45) is 0.829. The molecule has 1 atom stereocenters. The molecule has 1 aromatic heterocycles. The lowest BCUT2D eigenvalue weighted by Crippen LogP contribution is -2.35. The number of aromatic nitrogens is 2. The Bertz CT molecular complexity index is 1260. The van der Waals surface area contributed by atoms with Crippen LogP contribution in [0, 0.1) is 19.7 Å². The molecule has 0 fully saturated rings. The number of hydrogen-bond acceptors (Lipinski definition) is 4. The second-order valence-electron chi connectivity index (χ2n) is 7.71. The average molecular weight is 450 g/mol. The number of rotatable bonds is 7. The van der Waals surface area contributed by atoms with E-state index in [2.05, 4.69) is 10.3 Å². The van der Waals surface area contributed by atoms with E-state index >= 15 is 0 Å². The largest absolute Gasteiger partial charge is 0.389 e. The van der Waals surface area contributed by atoms with Crippen molar-refractivity contribution in [2.24, 2.45) is 0 Å². The highest BCUT2D eigenvalue weighted by Gasteiger charge is 2.19. The van der Waals surface area contributed by atoms with E-state index in [-0.39, 0.29) is 18.7 Å². The minimum atomic E-state index is -0.852. The van der Waals surface area contributed by atoms with Crippen molar-refractivity contribution >= 4 is 28.7 Å². The molecule has 32 heavy (non-hydrogen) atoms. The summed E-state index contributed by atoms with van der Waals surface area (Å²) < 4.78 is 16.4. The van der Waals surface area contributed by atoms with Crippen molar-refractivity contribution in [3.8, 4) is 0 Å². The molecule has 4 aromatic rings. The number of aliphatic hydroxyl groups is 1. The summed E-state index contributed by atoms with van der Waals surface area (Å²) in [5, 5.41) is 13.2. The number of nitrogens with zero attached hydrogens (tertiary/aromatic N) is 2. The van der Waals surface area contributed by atoms with Gasteiger partial charge in [-0.1, -0.05) is 36.0 Å². The Labute approximate surface area is 190 Å². The van der Waals surface area contributed by atoms with Gasteiger partial charge in [-0.3, -0.25) is 4.79 Å². The lowest BCUT2D eigenvalue weighted by molar-refractivity contribution is 0.0898. The second-order valence-corrected chi connectivity index (χ2v) is 8.83. The van der Waals surface area contributed by atoms with Crippen LogP contribution < -0.4 is 5.32 Å². The minimum Gasteiger partial charge on any atom is -0.389 e. The molecule has 0 saturated heterocycles. The molecule has 4 rings (SSSR count). The molecular formula is C25H24FN3O2S. The van der Waals surface area contributed by atoms with Gasteiger partial charge in [-0.05, 0) is 61.4 Å². The fraction of sp³-hybridized carbons (Fsp3) is 0.200. The third kappa shape index (κ3) is 4.84. The summed E-state index contributed by atoms with van der Waals surface area (Å²) in [6.45, 7) is 4.32. The molecule has 0 spiro atoms. The van der Waals surface area contributed by atoms with Gasteiger partial charge in [-0.25, -0.2) is 9.37 Å². The van der Waals surface area contributed by atoms with Crippen LogP contribution in [0.15, 0.2) is 76.8 Å².